The van der Waals surface area contributed by atoms with Gasteiger partial charge in [0, 0.05) is 29.1 Å². The molecule has 13 N–H and O–H groups in total. The van der Waals surface area contributed by atoms with Gasteiger partial charge in [-0.15, -0.1) is 22.7 Å². The molecule has 4 heterocycles. The molecule has 4 aliphatic rings. The molecule has 10 amide bonds. The Bertz CT molecular complexity index is 3330. The Morgan fingerprint density at radius 1 is 0.538 bits per heavy atom. The number of fused-ring (bicyclic) bond motifs is 5. The van der Waals surface area contributed by atoms with E-state index in [1.54, 1.807) is 38.1 Å². The number of hydrogen-bond donors (Lipinski definition) is 11. The van der Waals surface area contributed by atoms with Gasteiger partial charge in [0.05, 0.1) is 9.75 Å². The lowest BCUT2D eigenvalue weighted by Crippen LogP contribution is -2.61. The second-order valence-electron chi connectivity index (χ2n) is 25.6. The minimum atomic E-state index is -1.24. The summed E-state index contributed by atoms with van der Waals surface area (Å²) >= 11 is 2.63. The maximum atomic E-state index is 15.0. The number of benzene rings is 2. The van der Waals surface area contributed by atoms with Gasteiger partial charge in [-0.3, -0.25) is 58.8 Å². The second kappa shape index (κ2) is 32.0. The topological polar surface area (TPSA) is 334 Å². The molecule has 91 heavy (non-hydrogen) atoms. The van der Waals surface area contributed by atoms with Crippen molar-refractivity contribution in [3.8, 4) is 0 Å². The lowest BCUT2D eigenvalue weighted by atomic mass is 9.97. The molecule has 8 rings (SSSR count). The highest BCUT2D eigenvalue weighted by atomic mass is 32.1. The van der Waals surface area contributed by atoms with Crippen molar-refractivity contribution in [2.75, 3.05) is 19.6 Å². The standard InChI is InChI=1S/C67H90N12O10S2/c1-36(2)29-48-60(82)74-50(31-40-17-10-8-11-18-40)62(84)77-78-65(87)55-35-45-53(91-55)33-42-24-25-43(56(42)45)44-34-54(90-39(44)7)64(86)70-46(21-14-26-68)58(80)73-49(30-37(3)4)61(83)75-51(32-41-19-12-9-13-20-41)67(89)79-28-16-23-52(79)63(85)76-57(38(5)6)66(88)71-47(22-15-27-69)59(81)72-48/h8-13,17-20,34-38,42,46-52,57H,14-16,21-33,68-69H2,1-7H3,(H,70,86)(H,71,88)(H,72,81)(H,73,80)(H,74,82)(H,75,83)(H,76,85)(H,77,84)(H,78,87)/t42?,46-,47-,48-,49-,50+,51+,52-,57-/m0/s1. The van der Waals surface area contributed by atoms with Gasteiger partial charge in [0.25, 0.3) is 17.7 Å². The molecule has 2 aromatic heterocycles. The number of hydrogen-bond acceptors (Lipinski definition) is 14. The third-order valence-electron chi connectivity index (χ3n) is 17.2. The Morgan fingerprint density at radius 2 is 1.05 bits per heavy atom. The summed E-state index contributed by atoms with van der Waals surface area (Å²) in [6.45, 7) is 13.5. The van der Waals surface area contributed by atoms with Crippen molar-refractivity contribution in [1.82, 2.24) is 53.0 Å². The van der Waals surface area contributed by atoms with Crippen LogP contribution in [0.4, 0.5) is 0 Å². The molecular weight excluding hydrogens is 1200 g/mol. The first kappa shape index (κ1) is 69.1. The lowest BCUT2D eigenvalue weighted by molar-refractivity contribution is -0.143. The van der Waals surface area contributed by atoms with Gasteiger partial charge in [0.1, 0.15) is 48.3 Å². The predicted molar refractivity (Wildman–Crippen MR) is 350 cm³/mol. The van der Waals surface area contributed by atoms with Crippen molar-refractivity contribution in [1.29, 1.82) is 0 Å². The highest BCUT2D eigenvalue weighted by Crippen LogP contribution is 2.54. The Hall–Kier alpha value is -7.80. The monoisotopic (exact) mass is 1290 g/mol. The summed E-state index contributed by atoms with van der Waals surface area (Å²) in [5.41, 5.74) is 22.4. The molecule has 1 unspecified atom stereocenters. The Balaban J connectivity index is 1.14. The van der Waals surface area contributed by atoms with Crippen molar-refractivity contribution in [2.24, 2.45) is 35.1 Å². The van der Waals surface area contributed by atoms with Crippen LogP contribution in [-0.4, -0.2) is 132 Å². The zero-order valence-electron chi connectivity index (χ0n) is 53.2. The van der Waals surface area contributed by atoms with Crippen LogP contribution in [0.1, 0.15) is 157 Å². The molecule has 2 aliphatic carbocycles. The third-order valence-corrected chi connectivity index (χ3v) is 19.4. The van der Waals surface area contributed by atoms with Gasteiger partial charge in [0.15, 0.2) is 0 Å². The molecule has 0 saturated carbocycles. The maximum Gasteiger partial charge on any atom is 0.279 e. The van der Waals surface area contributed by atoms with Crippen molar-refractivity contribution in [3.05, 3.63) is 115 Å². The van der Waals surface area contributed by atoms with Crippen molar-refractivity contribution < 1.29 is 47.9 Å². The number of allylic oxidation sites excluding steroid dienone is 2. The van der Waals surface area contributed by atoms with E-state index in [1.807, 2.05) is 83.1 Å². The fraction of sp³-hybridized carbons (Fsp3) is 0.522. The summed E-state index contributed by atoms with van der Waals surface area (Å²) in [4.78, 5) is 149. The second-order valence-corrected chi connectivity index (χ2v) is 27.9. The van der Waals surface area contributed by atoms with Gasteiger partial charge >= 0.3 is 0 Å². The van der Waals surface area contributed by atoms with E-state index in [2.05, 4.69) is 48.1 Å². The number of thiophene rings is 2. The fourth-order valence-electron chi connectivity index (χ4n) is 12.6. The van der Waals surface area contributed by atoms with Crippen LogP contribution < -0.4 is 59.5 Å². The maximum absolute atomic E-state index is 15.0. The van der Waals surface area contributed by atoms with Crippen LogP contribution in [0.3, 0.4) is 0 Å². The summed E-state index contributed by atoms with van der Waals surface area (Å²) in [6.07, 6.45) is 4.25. The van der Waals surface area contributed by atoms with Gasteiger partial charge in [0.2, 0.25) is 41.4 Å². The minimum Gasteiger partial charge on any atom is -0.343 e. The van der Waals surface area contributed by atoms with Crippen molar-refractivity contribution >= 4 is 92.9 Å². The molecule has 1 saturated heterocycles. The quantitative estimate of drug-likeness (QED) is 0.0785. The molecule has 1 fully saturated rings. The van der Waals surface area contributed by atoms with Gasteiger partial charge in [-0.1, -0.05) is 102 Å². The molecule has 9 atom stereocenters. The first-order valence-electron chi connectivity index (χ1n) is 32.0. The van der Waals surface area contributed by atoms with Crippen LogP contribution in [0, 0.1) is 30.6 Å². The van der Waals surface area contributed by atoms with Crippen LogP contribution in [0.5, 0.6) is 0 Å². The molecule has 2 aromatic carbocycles. The average Bonchev–Trinajstić information content (AvgIpc) is 1.59. The molecule has 0 radical (unpaired) electrons. The number of nitrogens with one attached hydrogen (secondary N) is 9. The zero-order chi connectivity index (χ0) is 65.6. The Kier molecular flexibility index (Phi) is 24.3. The van der Waals surface area contributed by atoms with Crippen LogP contribution in [-0.2, 0) is 57.6 Å². The minimum absolute atomic E-state index is 0.0196. The molecule has 22 nitrogen and oxygen atoms in total. The van der Waals surface area contributed by atoms with Crippen LogP contribution in [0.25, 0.3) is 11.1 Å². The van der Waals surface area contributed by atoms with E-state index in [4.69, 9.17) is 11.5 Å². The average molecular weight is 1290 g/mol. The first-order valence-corrected chi connectivity index (χ1v) is 33.7. The largest absolute Gasteiger partial charge is 0.343 e. The fourth-order valence-corrected chi connectivity index (χ4v) is 14.7. The van der Waals surface area contributed by atoms with Gasteiger partial charge in [-0.2, -0.15) is 0 Å². The molecule has 2 aliphatic heterocycles. The van der Waals surface area contributed by atoms with E-state index in [0.29, 0.717) is 41.0 Å². The summed E-state index contributed by atoms with van der Waals surface area (Å²) in [7, 11) is 0. The molecule has 0 spiro atoms. The van der Waals surface area contributed by atoms with Crippen LogP contribution in [0.2, 0.25) is 0 Å². The number of rotatable bonds is 15. The number of nitrogens with two attached hydrogens (primary N) is 2. The number of carbonyl (C=O) groups excluding carboxylic acids is 10. The Labute approximate surface area is 540 Å². The smallest absolute Gasteiger partial charge is 0.279 e. The predicted octanol–water partition coefficient (Wildman–Crippen LogP) is 4.48. The SMILES string of the molecule is Cc1sc2cc1C1=C3c4cc(sc4CC3CC1)C(=O)NNC(=O)[C@@H](Cc1ccccc1)NC(=O)[C@H](CC(C)C)NC(=O)[C@H](CCCN)NC(=O)[C@H](C(C)C)NC(=O)[C@@H]1CCCN1C(=O)[C@@H](Cc1ccccc1)NC(=O)[C@H](CC(C)C)NC(=O)[C@H](CCCN)NC2=O. The molecule has 4 aromatic rings. The van der Waals surface area contributed by atoms with E-state index >= 15 is 4.79 Å². The van der Waals surface area contributed by atoms with E-state index in [1.165, 1.54) is 27.6 Å². The van der Waals surface area contributed by atoms with E-state index < -0.39 is 113 Å². The summed E-state index contributed by atoms with van der Waals surface area (Å²) < 4.78 is 0. The molecular formula is C67H90N12O10S2. The number of amides is 10. The van der Waals surface area contributed by atoms with Gasteiger partial charge < -0.3 is 53.6 Å². The zero-order valence-corrected chi connectivity index (χ0v) is 54.8. The van der Waals surface area contributed by atoms with E-state index in [9.17, 15) is 43.2 Å². The number of carbonyl (C=O) groups is 10. The Morgan fingerprint density at radius 3 is 1.63 bits per heavy atom. The number of hydrazine groups is 1. The van der Waals surface area contributed by atoms with Crippen molar-refractivity contribution in [2.45, 2.75) is 180 Å². The van der Waals surface area contributed by atoms with E-state index in [-0.39, 0.29) is 82.3 Å². The highest BCUT2D eigenvalue weighted by Gasteiger charge is 2.42. The molecule has 4 bridgehead atoms. The molecule has 24 heteroatoms. The first-order chi connectivity index (χ1) is 43.5. The van der Waals surface area contributed by atoms with Gasteiger partial charge in [-0.25, -0.2) is 0 Å². The van der Waals surface area contributed by atoms with E-state index in [0.717, 1.165) is 50.4 Å². The normalized spacial score (nSPS) is 24.5. The van der Waals surface area contributed by atoms with Crippen molar-refractivity contribution in [3.63, 3.8) is 0 Å². The lowest BCUT2D eigenvalue weighted by Gasteiger charge is -2.32. The third kappa shape index (κ3) is 17.8. The molecule has 490 valence electrons. The highest BCUT2D eigenvalue weighted by molar-refractivity contribution is 7.14. The van der Waals surface area contributed by atoms with Gasteiger partial charge in [-0.05, 0) is 160 Å². The summed E-state index contributed by atoms with van der Waals surface area (Å²) in [5.74, 6) is -6.86. The summed E-state index contributed by atoms with van der Waals surface area (Å²) in [6, 6.07) is 12.4. The number of aryl methyl sites for hydroxylation is 1. The van der Waals surface area contributed by atoms with Crippen LogP contribution >= 0.6 is 22.7 Å². The summed E-state index contributed by atoms with van der Waals surface area (Å²) in [5, 5.41) is 20.2. The van der Waals surface area contributed by atoms with Crippen LogP contribution in [0.15, 0.2) is 72.8 Å². The number of nitrogens with zero attached hydrogens (tertiary/aromatic N) is 1.